The van der Waals surface area contributed by atoms with Gasteiger partial charge in [-0.3, -0.25) is 4.79 Å². The minimum Gasteiger partial charge on any atom is -0.497 e. The molecule has 1 saturated heterocycles. The number of methoxy groups -OCH3 is 1. The Labute approximate surface area is 162 Å². The van der Waals surface area contributed by atoms with E-state index in [1.54, 1.807) is 18.4 Å². The smallest absolute Gasteiger partial charge is 0.273 e. The number of anilines is 1. The lowest BCUT2D eigenvalue weighted by Gasteiger charge is -2.36. The third kappa shape index (κ3) is 3.55. The fourth-order valence-electron chi connectivity index (χ4n) is 3.26. The Hall–Kier alpha value is -2.80. The van der Waals surface area contributed by atoms with Gasteiger partial charge >= 0.3 is 0 Å². The van der Waals surface area contributed by atoms with Gasteiger partial charge < -0.3 is 19.1 Å². The standard InChI is InChI=1S/C20H22N4O2S/c1-15-18(21-20(27-15)24-9-3-4-10-24)19(25)23-13-11-22(12-14-23)16-5-7-17(26-2)8-6-16/h3-10H,11-14H2,1-2H3. The van der Waals surface area contributed by atoms with Crippen LogP contribution in [-0.2, 0) is 0 Å². The van der Waals surface area contributed by atoms with Gasteiger partial charge in [-0.1, -0.05) is 0 Å². The number of ether oxygens (including phenoxy) is 1. The van der Waals surface area contributed by atoms with E-state index in [-0.39, 0.29) is 5.91 Å². The van der Waals surface area contributed by atoms with Crippen molar-refractivity contribution < 1.29 is 9.53 Å². The van der Waals surface area contributed by atoms with E-state index >= 15 is 0 Å². The second-order valence-electron chi connectivity index (χ2n) is 6.47. The van der Waals surface area contributed by atoms with E-state index < -0.39 is 0 Å². The molecule has 140 valence electrons. The largest absolute Gasteiger partial charge is 0.497 e. The maximum absolute atomic E-state index is 13.0. The molecule has 7 heteroatoms. The van der Waals surface area contributed by atoms with E-state index in [1.165, 1.54) is 0 Å². The molecule has 1 amide bonds. The van der Waals surface area contributed by atoms with E-state index in [0.29, 0.717) is 18.8 Å². The average molecular weight is 382 g/mol. The van der Waals surface area contributed by atoms with Crippen molar-refractivity contribution in [3.63, 3.8) is 0 Å². The molecule has 4 rings (SSSR count). The number of nitrogens with zero attached hydrogens (tertiary/aromatic N) is 4. The molecule has 0 bridgehead atoms. The number of thiazole rings is 1. The summed E-state index contributed by atoms with van der Waals surface area (Å²) >= 11 is 1.55. The summed E-state index contributed by atoms with van der Waals surface area (Å²) in [5.74, 6) is 0.876. The number of carbonyl (C=O) groups excluding carboxylic acids is 1. The zero-order valence-electron chi connectivity index (χ0n) is 15.5. The van der Waals surface area contributed by atoms with Crippen molar-refractivity contribution in [2.75, 3.05) is 38.2 Å². The summed E-state index contributed by atoms with van der Waals surface area (Å²) < 4.78 is 7.16. The zero-order chi connectivity index (χ0) is 18.8. The van der Waals surface area contributed by atoms with Gasteiger partial charge in [0.2, 0.25) is 0 Å². The first kappa shape index (κ1) is 17.6. The average Bonchev–Trinajstić information content (AvgIpc) is 3.37. The molecule has 0 aliphatic carbocycles. The second kappa shape index (κ2) is 7.44. The Bertz CT molecular complexity index is 910. The van der Waals surface area contributed by atoms with E-state index in [4.69, 9.17) is 4.74 Å². The fourth-order valence-corrected chi connectivity index (χ4v) is 4.13. The van der Waals surface area contributed by atoms with Gasteiger partial charge in [-0.25, -0.2) is 4.98 Å². The van der Waals surface area contributed by atoms with E-state index in [0.717, 1.165) is 34.5 Å². The monoisotopic (exact) mass is 382 g/mol. The topological polar surface area (TPSA) is 50.6 Å². The van der Waals surface area contributed by atoms with Crippen molar-refractivity contribution >= 4 is 22.9 Å². The number of piperazine rings is 1. The highest BCUT2D eigenvalue weighted by molar-refractivity contribution is 7.14. The summed E-state index contributed by atoms with van der Waals surface area (Å²) in [7, 11) is 1.67. The van der Waals surface area contributed by atoms with Crippen LogP contribution >= 0.6 is 11.3 Å². The van der Waals surface area contributed by atoms with Gasteiger partial charge in [0.25, 0.3) is 5.91 Å². The quantitative estimate of drug-likeness (QED) is 0.695. The molecule has 0 saturated carbocycles. The third-order valence-corrected chi connectivity index (χ3v) is 5.80. The summed E-state index contributed by atoms with van der Waals surface area (Å²) in [6.45, 7) is 4.98. The Balaban J connectivity index is 1.42. The lowest BCUT2D eigenvalue weighted by atomic mass is 10.2. The molecule has 1 aromatic carbocycles. The molecule has 6 nitrogen and oxygen atoms in total. The minimum absolute atomic E-state index is 0.0246. The number of aryl methyl sites for hydroxylation is 1. The fraction of sp³-hybridized carbons (Fsp3) is 0.300. The van der Waals surface area contributed by atoms with Gasteiger partial charge in [0.05, 0.1) is 7.11 Å². The van der Waals surface area contributed by atoms with Crippen molar-refractivity contribution in [1.29, 1.82) is 0 Å². The number of hydrogen-bond acceptors (Lipinski definition) is 5. The van der Waals surface area contributed by atoms with Crippen LogP contribution in [0.2, 0.25) is 0 Å². The molecule has 0 spiro atoms. The van der Waals surface area contributed by atoms with E-state index in [1.807, 2.05) is 53.0 Å². The first-order chi connectivity index (χ1) is 13.2. The zero-order valence-corrected chi connectivity index (χ0v) is 16.3. The molecular weight excluding hydrogens is 360 g/mol. The number of carbonyl (C=O) groups is 1. The number of benzene rings is 1. The maximum atomic E-state index is 13.0. The van der Waals surface area contributed by atoms with Gasteiger partial charge in [-0.05, 0) is 43.3 Å². The van der Waals surface area contributed by atoms with Gasteiger partial charge in [0, 0.05) is 49.1 Å². The summed E-state index contributed by atoms with van der Waals surface area (Å²) in [5, 5.41) is 0.831. The van der Waals surface area contributed by atoms with Crippen LogP contribution in [0, 0.1) is 6.92 Å². The highest BCUT2D eigenvalue weighted by Crippen LogP contribution is 2.24. The van der Waals surface area contributed by atoms with Gasteiger partial charge in [0.15, 0.2) is 5.13 Å². The van der Waals surface area contributed by atoms with Gasteiger partial charge in [-0.15, -0.1) is 11.3 Å². The van der Waals surface area contributed by atoms with Crippen LogP contribution in [0.5, 0.6) is 5.75 Å². The number of rotatable bonds is 4. The first-order valence-corrected chi connectivity index (χ1v) is 9.76. The second-order valence-corrected chi connectivity index (χ2v) is 7.65. The van der Waals surface area contributed by atoms with Crippen molar-refractivity contribution in [1.82, 2.24) is 14.5 Å². The molecular formula is C20H22N4O2S. The highest BCUT2D eigenvalue weighted by atomic mass is 32.1. The predicted octanol–water partition coefficient (Wildman–Crippen LogP) is 3.21. The molecule has 3 heterocycles. The van der Waals surface area contributed by atoms with Crippen LogP contribution in [0.3, 0.4) is 0 Å². The SMILES string of the molecule is COc1ccc(N2CCN(C(=O)c3nc(-n4cccc4)sc3C)CC2)cc1. The summed E-state index contributed by atoms with van der Waals surface area (Å²) in [4.78, 5) is 22.7. The summed E-state index contributed by atoms with van der Waals surface area (Å²) in [5.41, 5.74) is 1.73. The minimum atomic E-state index is 0.0246. The van der Waals surface area contributed by atoms with Crippen molar-refractivity contribution in [3.05, 3.63) is 59.4 Å². The van der Waals surface area contributed by atoms with Crippen LogP contribution in [0.1, 0.15) is 15.4 Å². The molecule has 3 aromatic rings. The molecule has 0 unspecified atom stereocenters. The number of hydrogen-bond donors (Lipinski definition) is 0. The summed E-state index contributed by atoms with van der Waals surface area (Å²) in [6, 6.07) is 12.0. The lowest BCUT2D eigenvalue weighted by Crippen LogP contribution is -2.49. The predicted molar refractivity (Wildman–Crippen MR) is 107 cm³/mol. The molecule has 0 N–H and O–H groups in total. The first-order valence-electron chi connectivity index (χ1n) is 8.95. The van der Waals surface area contributed by atoms with Crippen LogP contribution in [0.15, 0.2) is 48.8 Å². The van der Waals surface area contributed by atoms with E-state index in [9.17, 15) is 4.79 Å². The summed E-state index contributed by atoms with van der Waals surface area (Å²) in [6.07, 6.45) is 3.89. The van der Waals surface area contributed by atoms with Crippen LogP contribution in [-0.4, -0.2) is 53.6 Å². The Kier molecular flexibility index (Phi) is 4.85. The van der Waals surface area contributed by atoms with Crippen molar-refractivity contribution in [2.24, 2.45) is 0 Å². The Morgan fingerprint density at radius 2 is 1.74 bits per heavy atom. The van der Waals surface area contributed by atoms with Crippen LogP contribution in [0.4, 0.5) is 5.69 Å². The normalized spacial score (nSPS) is 14.4. The molecule has 0 atom stereocenters. The molecule has 0 radical (unpaired) electrons. The Morgan fingerprint density at radius 3 is 2.37 bits per heavy atom. The van der Waals surface area contributed by atoms with E-state index in [2.05, 4.69) is 22.0 Å². The molecule has 1 aliphatic heterocycles. The van der Waals surface area contributed by atoms with Crippen LogP contribution in [0.25, 0.3) is 5.13 Å². The van der Waals surface area contributed by atoms with Gasteiger partial charge in [-0.2, -0.15) is 0 Å². The molecule has 27 heavy (non-hydrogen) atoms. The number of aromatic nitrogens is 2. The van der Waals surface area contributed by atoms with Crippen molar-refractivity contribution in [3.8, 4) is 10.9 Å². The lowest BCUT2D eigenvalue weighted by molar-refractivity contribution is 0.0741. The highest BCUT2D eigenvalue weighted by Gasteiger charge is 2.26. The maximum Gasteiger partial charge on any atom is 0.273 e. The molecule has 2 aromatic heterocycles. The van der Waals surface area contributed by atoms with Gasteiger partial charge in [0.1, 0.15) is 11.4 Å². The Morgan fingerprint density at radius 1 is 1.07 bits per heavy atom. The van der Waals surface area contributed by atoms with Crippen LogP contribution < -0.4 is 9.64 Å². The number of amides is 1. The molecule has 1 fully saturated rings. The third-order valence-electron chi connectivity index (χ3n) is 4.82. The van der Waals surface area contributed by atoms with Crippen molar-refractivity contribution in [2.45, 2.75) is 6.92 Å². The molecule has 1 aliphatic rings.